The van der Waals surface area contributed by atoms with Gasteiger partial charge in [0.1, 0.15) is 0 Å². The lowest BCUT2D eigenvalue weighted by Crippen LogP contribution is -2.43. The summed E-state index contributed by atoms with van der Waals surface area (Å²) in [6, 6.07) is 0. The molecule has 0 aromatic heterocycles. The molecule has 0 spiro atoms. The molecule has 0 radical (unpaired) electrons. The van der Waals surface area contributed by atoms with Gasteiger partial charge in [-0.2, -0.15) is 13.2 Å². The molecule has 0 aromatic carbocycles. The van der Waals surface area contributed by atoms with Crippen LogP contribution in [0.4, 0.5) is 13.2 Å². The zero-order valence-electron chi connectivity index (χ0n) is 12.2. The standard InChI is InChI=1S/C14H27F3N2/c1-13(2,3)19-9-8-18-10-11-6-4-5-7-12(11)14(15,16)17/h11-12,18-19H,4-10H2,1-3H3. The first-order chi connectivity index (χ1) is 8.70. The van der Waals surface area contributed by atoms with Crippen LogP contribution in [0.15, 0.2) is 0 Å². The maximum atomic E-state index is 12.9. The summed E-state index contributed by atoms with van der Waals surface area (Å²) >= 11 is 0. The molecule has 0 aromatic rings. The van der Waals surface area contributed by atoms with E-state index in [0.29, 0.717) is 25.8 Å². The average Bonchev–Trinajstić information content (AvgIpc) is 2.26. The Morgan fingerprint density at radius 3 is 2.21 bits per heavy atom. The summed E-state index contributed by atoms with van der Waals surface area (Å²) in [6.07, 6.45) is -1.39. The van der Waals surface area contributed by atoms with E-state index in [-0.39, 0.29) is 11.5 Å². The molecule has 1 aliphatic carbocycles. The lowest BCUT2D eigenvalue weighted by Gasteiger charge is -2.33. The van der Waals surface area contributed by atoms with E-state index in [4.69, 9.17) is 0 Å². The monoisotopic (exact) mass is 280 g/mol. The average molecular weight is 280 g/mol. The second-order valence-electron chi connectivity index (χ2n) is 6.57. The van der Waals surface area contributed by atoms with Gasteiger partial charge in [0.2, 0.25) is 0 Å². The number of nitrogens with one attached hydrogen (secondary N) is 2. The van der Waals surface area contributed by atoms with E-state index in [1.807, 2.05) is 0 Å². The molecular formula is C14H27F3N2. The highest BCUT2D eigenvalue weighted by Gasteiger charge is 2.44. The van der Waals surface area contributed by atoms with Gasteiger partial charge < -0.3 is 10.6 Å². The molecule has 0 bridgehead atoms. The fourth-order valence-electron chi connectivity index (χ4n) is 2.70. The smallest absolute Gasteiger partial charge is 0.315 e. The molecular weight excluding hydrogens is 253 g/mol. The minimum absolute atomic E-state index is 0.0566. The predicted octanol–water partition coefficient (Wildman–Crippen LogP) is 3.33. The van der Waals surface area contributed by atoms with Gasteiger partial charge in [-0.15, -0.1) is 0 Å². The van der Waals surface area contributed by atoms with Crippen molar-refractivity contribution in [3.63, 3.8) is 0 Å². The van der Waals surface area contributed by atoms with E-state index in [1.54, 1.807) is 0 Å². The Bertz CT molecular complexity index is 258. The quantitative estimate of drug-likeness (QED) is 0.755. The van der Waals surface area contributed by atoms with Crippen LogP contribution in [0.25, 0.3) is 0 Å². The second kappa shape index (κ2) is 6.93. The first-order valence-electron chi connectivity index (χ1n) is 7.22. The van der Waals surface area contributed by atoms with Crippen LogP contribution in [0.5, 0.6) is 0 Å². The maximum Gasteiger partial charge on any atom is 0.392 e. The van der Waals surface area contributed by atoms with Crippen molar-refractivity contribution in [2.45, 2.75) is 58.2 Å². The highest BCUT2D eigenvalue weighted by atomic mass is 19.4. The Labute approximate surface area is 114 Å². The predicted molar refractivity (Wildman–Crippen MR) is 72.1 cm³/mol. The minimum atomic E-state index is -4.03. The van der Waals surface area contributed by atoms with Crippen molar-refractivity contribution < 1.29 is 13.2 Å². The van der Waals surface area contributed by atoms with Crippen molar-refractivity contribution in [1.29, 1.82) is 0 Å². The van der Waals surface area contributed by atoms with E-state index < -0.39 is 12.1 Å². The van der Waals surface area contributed by atoms with Crippen LogP contribution in [-0.2, 0) is 0 Å². The molecule has 19 heavy (non-hydrogen) atoms. The van der Waals surface area contributed by atoms with E-state index in [9.17, 15) is 13.2 Å². The number of rotatable bonds is 5. The Morgan fingerprint density at radius 1 is 1.00 bits per heavy atom. The van der Waals surface area contributed by atoms with E-state index >= 15 is 0 Å². The molecule has 2 unspecified atom stereocenters. The molecule has 1 rings (SSSR count). The van der Waals surface area contributed by atoms with Gasteiger partial charge in [0, 0.05) is 18.6 Å². The summed E-state index contributed by atoms with van der Waals surface area (Å²) in [4.78, 5) is 0. The first kappa shape index (κ1) is 16.8. The molecule has 2 nitrogen and oxygen atoms in total. The molecule has 114 valence electrons. The summed E-state index contributed by atoms with van der Waals surface area (Å²) in [5.41, 5.74) is 0.0566. The lowest BCUT2D eigenvalue weighted by molar-refractivity contribution is -0.195. The molecule has 0 aliphatic heterocycles. The topological polar surface area (TPSA) is 24.1 Å². The largest absolute Gasteiger partial charge is 0.392 e. The fraction of sp³-hybridized carbons (Fsp3) is 1.00. The number of halogens is 3. The Kier molecular flexibility index (Phi) is 6.12. The summed E-state index contributed by atoms with van der Waals surface area (Å²) < 4.78 is 38.6. The first-order valence-corrected chi connectivity index (χ1v) is 7.22. The van der Waals surface area contributed by atoms with Crippen LogP contribution < -0.4 is 10.6 Å². The third kappa shape index (κ3) is 6.61. The van der Waals surface area contributed by atoms with Crippen molar-refractivity contribution in [1.82, 2.24) is 10.6 Å². The van der Waals surface area contributed by atoms with Gasteiger partial charge in [0.15, 0.2) is 0 Å². The maximum absolute atomic E-state index is 12.9. The molecule has 0 amide bonds. The van der Waals surface area contributed by atoms with Crippen LogP contribution in [0.1, 0.15) is 46.5 Å². The zero-order chi connectivity index (χ0) is 14.5. The summed E-state index contributed by atoms with van der Waals surface area (Å²) in [7, 11) is 0. The Hall–Kier alpha value is -0.290. The van der Waals surface area contributed by atoms with Crippen molar-refractivity contribution in [2.75, 3.05) is 19.6 Å². The third-order valence-corrected chi connectivity index (χ3v) is 3.69. The van der Waals surface area contributed by atoms with Crippen LogP contribution in [0.2, 0.25) is 0 Å². The van der Waals surface area contributed by atoms with E-state index in [0.717, 1.165) is 19.5 Å². The van der Waals surface area contributed by atoms with Crippen LogP contribution in [0.3, 0.4) is 0 Å². The lowest BCUT2D eigenvalue weighted by atomic mass is 9.79. The molecule has 5 heteroatoms. The second-order valence-corrected chi connectivity index (χ2v) is 6.57. The van der Waals surface area contributed by atoms with Crippen LogP contribution in [-0.4, -0.2) is 31.3 Å². The van der Waals surface area contributed by atoms with Crippen molar-refractivity contribution in [3.8, 4) is 0 Å². The van der Waals surface area contributed by atoms with E-state index in [1.165, 1.54) is 0 Å². The van der Waals surface area contributed by atoms with Crippen LogP contribution in [0, 0.1) is 11.8 Å². The number of hydrogen-bond donors (Lipinski definition) is 2. The van der Waals surface area contributed by atoms with Crippen molar-refractivity contribution in [3.05, 3.63) is 0 Å². The van der Waals surface area contributed by atoms with Gasteiger partial charge >= 0.3 is 6.18 Å². The molecule has 2 N–H and O–H groups in total. The Morgan fingerprint density at radius 2 is 1.63 bits per heavy atom. The van der Waals surface area contributed by atoms with Gasteiger partial charge in [-0.1, -0.05) is 12.8 Å². The molecule has 1 aliphatic rings. The van der Waals surface area contributed by atoms with Gasteiger partial charge in [0.25, 0.3) is 0 Å². The number of alkyl halides is 3. The fourth-order valence-corrected chi connectivity index (χ4v) is 2.70. The highest BCUT2D eigenvalue weighted by molar-refractivity contribution is 4.82. The van der Waals surface area contributed by atoms with Gasteiger partial charge in [-0.25, -0.2) is 0 Å². The summed E-state index contributed by atoms with van der Waals surface area (Å²) in [5, 5.41) is 6.48. The third-order valence-electron chi connectivity index (χ3n) is 3.69. The molecule has 2 atom stereocenters. The molecule has 0 heterocycles. The van der Waals surface area contributed by atoms with Gasteiger partial charge in [0.05, 0.1) is 5.92 Å². The van der Waals surface area contributed by atoms with E-state index in [2.05, 4.69) is 31.4 Å². The molecule has 1 saturated carbocycles. The van der Waals surface area contributed by atoms with Gasteiger partial charge in [-0.05, 0) is 46.1 Å². The van der Waals surface area contributed by atoms with Crippen LogP contribution >= 0.6 is 0 Å². The summed E-state index contributed by atoms with van der Waals surface area (Å²) in [6.45, 7) is 8.22. The van der Waals surface area contributed by atoms with Crippen molar-refractivity contribution >= 4 is 0 Å². The SMILES string of the molecule is CC(C)(C)NCCNCC1CCCCC1C(F)(F)F. The molecule has 1 fully saturated rings. The normalized spacial score (nSPS) is 25.6. The van der Waals surface area contributed by atoms with Crippen molar-refractivity contribution in [2.24, 2.45) is 11.8 Å². The molecule has 0 saturated heterocycles. The minimum Gasteiger partial charge on any atom is -0.315 e. The highest BCUT2D eigenvalue weighted by Crippen LogP contribution is 2.41. The Balaban J connectivity index is 2.26. The number of hydrogen-bond acceptors (Lipinski definition) is 2. The zero-order valence-corrected chi connectivity index (χ0v) is 12.2. The summed E-state index contributed by atoms with van der Waals surface area (Å²) in [5.74, 6) is -1.35. The van der Waals surface area contributed by atoms with Gasteiger partial charge in [-0.3, -0.25) is 0 Å².